The van der Waals surface area contributed by atoms with Crippen molar-refractivity contribution in [3.8, 4) is 5.75 Å². The number of rotatable bonds is 4. The van der Waals surface area contributed by atoms with Gasteiger partial charge in [0.2, 0.25) is 0 Å². The maximum absolute atomic E-state index is 11.9. The average Bonchev–Trinajstić information content (AvgIpc) is 2.16. The first-order chi connectivity index (χ1) is 7.03. The molecule has 0 saturated heterocycles. The monoisotopic (exact) mass is 219 g/mol. The van der Waals surface area contributed by atoms with Crippen LogP contribution in [0.2, 0.25) is 0 Å². The van der Waals surface area contributed by atoms with E-state index >= 15 is 0 Å². The molecular formula is C10H12F3NO. The van der Waals surface area contributed by atoms with E-state index in [-0.39, 0.29) is 5.75 Å². The maximum Gasteiger partial charge on any atom is 0.422 e. The van der Waals surface area contributed by atoms with Gasteiger partial charge < -0.3 is 10.5 Å². The summed E-state index contributed by atoms with van der Waals surface area (Å²) in [6, 6.07) is 6.59. The SMILES string of the molecule is NCCc1ccccc1OCC(F)(F)F. The van der Waals surface area contributed by atoms with Crippen molar-refractivity contribution in [1.29, 1.82) is 0 Å². The van der Waals surface area contributed by atoms with Crippen LogP contribution in [0, 0.1) is 0 Å². The van der Waals surface area contributed by atoms with Gasteiger partial charge in [-0.25, -0.2) is 0 Å². The van der Waals surface area contributed by atoms with Gasteiger partial charge in [0.05, 0.1) is 0 Å². The molecule has 5 heteroatoms. The molecule has 1 rings (SSSR count). The highest BCUT2D eigenvalue weighted by molar-refractivity contribution is 5.33. The molecule has 0 aromatic heterocycles. The Balaban J connectivity index is 2.67. The highest BCUT2D eigenvalue weighted by atomic mass is 19.4. The smallest absolute Gasteiger partial charge is 0.422 e. The Kier molecular flexibility index (Phi) is 3.96. The molecule has 0 amide bonds. The summed E-state index contributed by atoms with van der Waals surface area (Å²) in [4.78, 5) is 0. The molecule has 0 aliphatic heterocycles. The third kappa shape index (κ3) is 4.20. The zero-order chi connectivity index (χ0) is 11.3. The topological polar surface area (TPSA) is 35.2 Å². The zero-order valence-corrected chi connectivity index (χ0v) is 8.05. The second kappa shape index (κ2) is 5.02. The summed E-state index contributed by atoms with van der Waals surface area (Å²) in [6.45, 7) is -0.888. The molecular weight excluding hydrogens is 207 g/mol. The Morgan fingerprint density at radius 2 is 1.87 bits per heavy atom. The van der Waals surface area contributed by atoms with E-state index in [9.17, 15) is 13.2 Å². The molecule has 0 spiro atoms. The van der Waals surface area contributed by atoms with Crippen molar-refractivity contribution in [3.63, 3.8) is 0 Å². The fourth-order valence-corrected chi connectivity index (χ4v) is 1.17. The summed E-state index contributed by atoms with van der Waals surface area (Å²) in [5.41, 5.74) is 6.03. The van der Waals surface area contributed by atoms with E-state index in [1.165, 1.54) is 6.07 Å². The largest absolute Gasteiger partial charge is 0.484 e. The number of hydrogen-bond donors (Lipinski definition) is 1. The minimum Gasteiger partial charge on any atom is -0.484 e. The number of alkyl halides is 3. The predicted octanol–water partition coefficient (Wildman–Crippen LogP) is 2.13. The molecule has 0 radical (unpaired) electrons. The van der Waals surface area contributed by atoms with Gasteiger partial charge in [-0.05, 0) is 24.6 Å². The highest BCUT2D eigenvalue weighted by Gasteiger charge is 2.28. The molecule has 0 fully saturated rings. The van der Waals surface area contributed by atoms with Crippen LogP contribution >= 0.6 is 0 Å². The van der Waals surface area contributed by atoms with E-state index in [1.54, 1.807) is 18.2 Å². The van der Waals surface area contributed by atoms with Crippen LogP contribution in [0.1, 0.15) is 5.56 Å². The van der Waals surface area contributed by atoms with E-state index in [4.69, 9.17) is 5.73 Å². The lowest BCUT2D eigenvalue weighted by Crippen LogP contribution is -2.20. The standard InChI is InChI=1S/C10H12F3NO/c11-10(12,13)7-15-9-4-2-1-3-8(9)5-6-14/h1-4H,5-7,14H2. The first-order valence-electron chi connectivity index (χ1n) is 4.50. The lowest BCUT2D eigenvalue weighted by Gasteiger charge is -2.12. The van der Waals surface area contributed by atoms with Gasteiger partial charge in [0.15, 0.2) is 6.61 Å². The second-order valence-corrected chi connectivity index (χ2v) is 3.05. The van der Waals surface area contributed by atoms with Crippen molar-refractivity contribution in [2.75, 3.05) is 13.2 Å². The quantitative estimate of drug-likeness (QED) is 0.841. The van der Waals surface area contributed by atoms with Crippen molar-refractivity contribution >= 4 is 0 Å². The Bertz CT molecular complexity index is 312. The van der Waals surface area contributed by atoms with Crippen LogP contribution in [-0.2, 0) is 6.42 Å². The Morgan fingerprint density at radius 3 is 2.47 bits per heavy atom. The predicted molar refractivity (Wildman–Crippen MR) is 50.8 cm³/mol. The molecule has 2 nitrogen and oxygen atoms in total. The molecule has 15 heavy (non-hydrogen) atoms. The van der Waals surface area contributed by atoms with E-state index in [0.717, 1.165) is 0 Å². The molecule has 1 aromatic rings. The van der Waals surface area contributed by atoms with Gasteiger partial charge in [-0.2, -0.15) is 13.2 Å². The van der Waals surface area contributed by atoms with Gasteiger partial charge in [0.25, 0.3) is 0 Å². The van der Waals surface area contributed by atoms with Crippen LogP contribution in [-0.4, -0.2) is 19.3 Å². The lowest BCUT2D eigenvalue weighted by molar-refractivity contribution is -0.153. The summed E-state index contributed by atoms with van der Waals surface area (Å²) >= 11 is 0. The zero-order valence-electron chi connectivity index (χ0n) is 8.05. The first-order valence-corrected chi connectivity index (χ1v) is 4.50. The van der Waals surface area contributed by atoms with Crippen molar-refractivity contribution in [1.82, 2.24) is 0 Å². The van der Waals surface area contributed by atoms with Gasteiger partial charge in [-0.1, -0.05) is 18.2 Å². The average molecular weight is 219 g/mol. The van der Waals surface area contributed by atoms with Crippen LogP contribution in [0.3, 0.4) is 0 Å². The molecule has 0 heterocycles. The van der Waals surface area contributed by atoms with E-state index in [2.05, 4.69) is 4.74 Å². The lowest BCUT2D eigenvalue weighted by atomic mass is 10.1. The fourth-order valence-electron chi connectivity index (χ4n) is 1.17. The van der Waals surface area contributed by atoms with E-state index in [1.807, 2.05) is 0 Å². The van der Waals surface area contributed by atoms with Crippen molar-refractivity contribution in [2.45, 2.75) is 12.6 Å². The maximum atomic E-state index is 11.9. The molecule has 0 saturated carbocycles. The van der Waals surface area contributed by atoms with E-state index < -0.39 is 12.8 Å². The summed E-state index contributed by atoms with van der Waals surface area (Å²) in [6.07, 6.45) is -3.80. The summed E-state index contributed by atoms with van der Waals surface area (Å²) in [7, 11) is 0. The van der Waals surface area contributed by atoms with Crippen molar-refractivity contribution in [3.05, 3.63) is 29.8 Å². The van der Waals surface area contributed by atoms with Gasteiger partial charge >= 0.3 is 6.18 Å². The Morgan fingerprint density at radius 1 is 1.20 bits per heavy atom. The number of nitrogens with two attached hydrogens (primary N) is 1. The minimum absolute atomic E-state index is 0.250. The second-order valence-electron chi connectivity index (χ2n) is 3.05. The Hall–Kier alpha value is -1.23. The van der Waals surface area contributed by atoms with Crippen LogP contribution in [0.15, 0.2) is 24.3 Å². The van der Waals surface area contributed by atoms with Gasteiger partial charge in [0, 0.05) is 0 Å². The number of hydrogen-bond acceptors (Lipinski definition) is 2. The molecule has 84 valence electrons. The fraction of sp³-hybridized carbons (Fsp3) is 0.400. The van der Waals surface area contributed by atoms with Gasteiger partial charge in [-0.15, -0.1) is 0 Å². The van der Waals surface area contributed by atoms with Crippen LogP contribution in [0.25, 0.3) is 0 Å². The molecule has 0 unspecified atom stereocenters. The number of benzene rings is 1. The third-order valence-corrected chi connectivity index (χ3v) is 1.78. The number of halogens is 3. The molecule has 1 aromatic carbocycles. The van der Waals surface area contributed by atoms with Crippen LogP contribution in [0.5, 0.6) is 5.75 Å². The van der Waals surface area contributed by atoms with E-state index in [0.29, 0.717) is 18.5 Å². The van der Waals surface area contributed by atoms with Crippen LogP contribution < -0.4 is 10.5 Å². The summed E-state index contributed by atoms with van der Waals surface area (Å²) < 4.78 is 40.4. The molecule has 0 atom stereocenters. The van der Waals surface area contributed by atoms with Gasteiger partial charge in [0.1, 0.15) is 5.75 Å². The molecule has 2 N–H and O–H groups in total. The highest BCUT2D eigenvalue weighted by Crippen LogP contribution is 2.22. The molecule has 0 aliphatic rings. The minimum atomic E-state index is -4.31. The summed E-state index contributed by atoms with van der Waals surface area (Å²) in [5.74, 6) is 0.250. The first kappa shape index (κ1) is 11.8. The molecule has 0 aliphatic carbocycles. The normalized spacial score (nSPS) is 11.5. The van der Waals surface area contributed by atoms with Crippen LogP contribution in [0.4, 0.5) is 13.2 Å². The van der Waals surface area contributed by atoms with Crippen molar-refractivity contribution < 1.29 is 17.9 Å². The Labute approximate surface area is 85.8 Å². The van der Waals surface area contributed by atoms with Gasteiger partial charge in [-0.3, -0.25) is 0 Å². The number of para-hydroxylation sites is 1. The number of ether oxygens (including phenoxy) is 1. The molecule has 0 bridgehead atoms. The third-order valence-electron chi connectivity index (χ3n) is 1.78. The summed E-state index contributed by atoms with van der Waals surface area (Å²) in [5, 5.41) is 0. The van der Waals surface area contributed by atoms with Crippen molar-refractivity contribution in [2.24, 2.45) is 5.73 Å².